The van der Waals surface area contributed by atoms with Gasteiger partial charge in [0.15, 0.2) is 5.78 Å². The number of rotatable bonds is 7. The van der Waals surface area contributed by atoms with Gasteiger partial charge in [0, 0.05) is 35.4 Å². The Morgan fingerprint density at radius 3 is 2.52 bits per heavy atom. The maximum atomic E-state index is 14.3. The molecule has 3 aromatic rings. The average molecular weight is 719 g/mol. The van der Waals surface area contributed by atoms with Gasteiger partial charge in [0.1, 0.15) is 0 Å². The largest absolute Gasteiger partial charge is 0.416 e. The number of fused-ring (bicyclic) bond motifs is 8. The number of carbonyl (C=O) groups excluding carboxylic acids is 2. The summed E-state index contributed by atoms with van der Waals surface area (Å²) in [7, 11) is 0. The van der Waals surface area contributed by atoms with Gasteiger partial charge in [-0.25, -0.2) is 4.79 Å². The summed E-state index contributed by atoms with van der Waals surface area (Å²) in [6, 6.07) is 18.7. The number of hydrogen-bond donors (Lipinski definition) is 3. The predicted octanol–water partition coefficient (Wildman–Crippen LogP) is 8.69. The predicted molar refractivity (Wildman–Crippen MR) is 194 cm³/mol. The highest BCUT2D eigenvalue weighted by Gasteiger charge is 2.58. The number of aliphatic hydroxyl groups is 2. The van der Waals surface area contributed by atoms with E-state index >= 15 is 0 Å². The maximum Gasteiger partial charge on any atom is 0.416 e. The van der Waals surface area contributed by atoms with Crippen molar-refractivity contribution in [2.45, 2.75) is 102 Å². The number of para-hydroxylation sites is 1. The molecule has 1 saturated heterocycles. The van der Waals surface area contributed by atoms with Crippen LogP contribution in [-0.2, 0) is 17.3 Å². The van der Waals surface area contributed by atoms with Crippen LogP contribution in [0.2, 0.25) is 0 Å². The molecule has 4 aliphatic rings. The number of alkyl halides is 3. The molecule has 5 unspecified atom stereocenters. The summed E-state index contributed by atoms with van der Waals surface area (Å²) in [6.45, 7) is 5.01. The lowest BCUT2D eigenvalue weighted by Gasteiger charge is -2.46. The Morgan fingerprint density at radius 2 is 1.79 bits per heavy atom. The number of halogens is 3. The fourth-order valence-electron chi connectivity index (χ4n) is 8.48. The monoisotopic (exact) mass is 718 g/mol. The van der Waals surface area contributed by atoms with Crippen molar-refractivity contribution in [2.75, 3.05) is 25.0 Å². The lowest BCUT2D eigenvalue weighted by atomic mass is 9.64. The minimum Gasteiger partial charge on any atom is -0.393 e. The molecule has 3 aliphatic carbocycles. The van der Waals surface area contributed by atoms with E-state index in [9.17, 15) is 33.0 Å². The van der Waals surface area contributed by atoms with Crippen LogP contribution in [0.3, 0.4) is 0 Å². The summed E-state index contributed by atoms with van der Waals surface area (Å²) in [4.78, 5) is 29.9. The normalized spacial score (nSPS) is 26.7. The van der Waals surface area contributed by atoms with E-state index in [1.165, 1.54) is 12.1 Å². The van der Waals surface area contributed by atoms with Gasteiger partial charge >= 0.3 is 12.2 Å². The van der Waals surface area contributed by atoms with Gasteiger partial charge in [-0.3, -0.25) is 4.79 Å². The molecule has 1 heterocycles. The van der Waals surface area contributed by atoms with Crippen LogP contribution in [0.25, 0.3) is 0 Å². The summed E-state index contributed by atoms with van der Waals surface area (Å²) in [5, 5.41) is 26.8. The van der Waals surface area contributed by atoms with Gasteiger partial charge < -0.3 is 25.2 Å². The summed E-state index contributed by atoms with van der Waals surface area (Å²) in [5.41, 5.74) is 0.180. The number of aliphatic hydroxyl groups excluding tert-OH is 1. The number of ether oxygens (including phenoxy) is 1. The molecule has 0 radical (unpaired) electrons. The standard InChI is InChI=1S/C42H49F3N2O5/c1-28-9-7-20-40(2)37(19-21-41(40,51)27-47(26-34-14-8-22-52-34)39(50)46-32-12-4-3-5-13-32)35-18-16-29(23-33(48)17-15-28)24-36(35)38(49)30-10-6-11-31(25-30)42(43,44)45/h3-6,9-13,16,18,24-25,33-34,37,48,51H,7-8,14-15,17,19-23,26-27H2,1-2H3,(H,46,50). The molecule has 7 rings (SSSR count). The second-order valence-corrected chi connectivity index (χ2v) is 15.2. The number of allylic oxidation sites excluding steroid dienone is 2. The highest BCUT2D eigenvalue weighted by molar-refractivity contribution is 6.10. The molecule has 3 N–H and O–H groups in total. The van der Waals surface area contributed by atoms with Gasteiger partial charge in [-0.15, -0.1) is 0 Å². The number of amides is 2. The lowest BCUT2D eigenvalue weighted by Crippen LogP contribution is -2.55. The molecule has 5 atom stereocenters. The Bertz CT molecular complexity index is 1770. The van der Waals surface area contributed by atoms with Crippen LogP contribution in [0.5, 0.6) is 0 Å². The Labute approximate surface area is 303 Å². The van der Waals surface area contributed by atoms with E-state index in [0.717, 1.165) is 30.5 Å². The number of benzene rings is 3. The molecule has 52 heavy (non-hydrogen) atoms. The summed E-state index contributed by atoms with van der Waals surface area (Å²) >= 11 is 0. The zero-order valence-electron chi connectivity index (χ0n) is 29.9. The Hall–Kier alpha value is -3.99. The molecule has 278 valence electrons. The zero-order chi connectivity index (χ0) is 37.1. The van der Waals surface area contributed by atoms with E-state index in [4.69, 9.17) is 4.74 Å². The topological polar surface area (TPSA) is 99.1 Å². The van der Waals surface area contributed by atoms with Crippen molar-refractivity contribution in [3.63, 3.8) is 0 Å². The molecule has 7 nitrogen and oxygen atoms in total. The highest BCUT2D eigenvalue weighted by Crippen LogP contribution is 2.59. The molecule has 2 bridgehead atoms. The molecule has 1 saturated carbocycles. The third-order valence-corrected chi connectivity index (χ3v) is 11.6. The van der Waals surface area contributed by atoms with Crippen molar-refractivity contribution < 1.29 is 37.7 Å². The molecule has 2 amide bonds. The maximum absolute atomic E-state index is 14.3. The van der Waals surface area contributed by atoms with Gasteiger partial charge in [0.05, 0.1) is 29.9 Å². The van der Waals surface area contributed by atoms with Gasteiger partial charge in [0.25, 0.3) is 0 Å². The van der Waals surface area contributed by atoms with E-state index in [-0.39, 0.29) is 42.1 Å². The van der Waals surface area contributed by atoms with Gasteiger partial charge in [-0.2, -0.15) is 13.2 Å². The molecule has 0 spiro atoms. The smallest absolute Gasteiger partial charge is 0.393 e. The van der Waals surface area contributed by atoms with E-state index in [1.54, 1.807) is 11.0 Å². The molecular weight excluding hydrogens is 669 g/mol. The fraction of sp³-hybridized carbons (Fsp3) is 0.476. The van der Waals surface area contributed by atoms with Crippen molar-refractivity contribution in [3.05, 3.63) is 112 Å². The van der Waals surface area contributed by atoms with Gasteiger partial charge in [-0.1, -0.05) is 61.0 Å². The van der Waals surface area contributed by atoms with Crippen LogP contribution >= 0.6 is 0 Å². The van der Waals surface area contributed by atoms with Crippen LogP contribution in [0, 0.1) is 5.41 Å². The number of ketones is 1. The molecule has 2 fully saturated rings. The van der Waals surface area contributed by atoms with Crippen LogP contribution in [0.15, 0.2) is 84.4 Å². The average Bonchev–Trinajstić information content (AvgIpc) is 3.72. The van der Waals surface area contributed by atoms with E-state index in [0.29, 0.717) is 68.5 Å². The fourth-order valence-corrected chi connectivity index (χ4v) is 8.48. The SMILES string of the molecule is CC1=CCCC2(C)C(CCC2(O)CN(CC2CCCO2)C(=O)Nc2ccccc2)c2ccc(cc2C(=O)c2cccc(C(F)(F)F)c2)CC(O)CC1. The minimum atomic E-state index is -4.62. The van der Waals surface area contributed by atoms with Crippen molar-refractivity contribution in [1.29, 1.82) is 0 Å². The second-order valence-electron chi connectivity index (χ2n) is 15.2. The van der Waals surface area contributed by atoms with E-state index in [2.05, 4.69) is 11.4 Å². The number of anilines is 1. The van der Waals surface area contributed by atoms with Gasteiger partial charge in [-0.05, 0) is 112 Å². The number of hydrogen-bond acceptors (Lipinski definition) is 5. The van der Waals surface area contributed by atoms with Gasteiger partial charge in [0.2, 0.25) is 0 Å². The van der Waals surface area contributed by atoms with Crippen molar-refractivity contribution in [2.24, 2.45) is 5.41 Å². The van der Waals surface area contributed by atoms with Crippen molar-refractivity contribution in [1.82, 2.24) is 4.90 Å². The first-order valence-corrected chi connectivity index (χ1v) is 18.4. The molecule has 10 heteroatoms. The minimum absolute atomic E-state index is 0.0302. The number of nitrogens with zero attached hydrogens (tertiary/aromatic N) is 1. The first-order valence-electron chi connectivity index (χ1n) is 18.4. The number of urea groups is 1. The van der Waals surface area contributed by atoms with Crippen molar-refractivity contribution in [3.8, 4) is 0 Å². The van der Waals surface area contributed by atoms with Crippen LogP contribution in [0.1, 0.15) is 104 Å². The number of carbonyl (C=O) groups is 2. The first-order chi connectivity index (χ1) is 24.8. The molecule has 0 aromatic heterocycles. The summed E-state index contributed by atoms with van der Waals surface area (Å²) < 4.78 is 47.2. The molecule has 3 aromatic carbocycles. The highest BCUT2D eigenvalue weighted by atomic mass is 19.4. The first kappa shape index (κ1) is 37.8. The lowest BCUT2D eigenvalue weighted by molar-refractivity contribution is -0.137. The summed E-state index contributed by atoms with van der Waals surface area (Å²) in [5.74, 6) is -0.903. The van der Waals surface area contributed by atoms with E-state index in [1.807, 2.05) is 56.3 Å². The van der Waals surface area contributed by atoms with Crippen LogP contribution in [0.4, 0.5) is 23.7 Å². The van der Waals surface area contributed by atoms with E-state index < -0.39 is 34.6 Å². The zero-order valence-corrected chi connectivity index (χ0v) is 29.9. The Kier molecular flexibility index (Phi) is 11.3. The second kappa shape index (κ2) is 15.5. The quantitative estimate of drug-likeness (QED) is 0.168. The molecule has 1 aliphatic heterocycles. The molecular formula is C42H49F3N2O5. The number of nitrogens with one attached hydrogen (secondary N) is 1. The Morgan fingerprint density at radius 1 is 1.00 bits per heavy atom. The van der Waals surface area contributed by atoms with Crippen molar-refractivity contribution >= 4 is 17.5 Å². The Balaban J connectivity index is 1.41. The van der Waals surface area contributed by atoms with Crippen LogP contribution in [-0.4, -0.2) is 64.4 Å². The third kappa shape index (κ3) is 8.29. The van der Waals surface area contributed by atoms with Crippen LogP contribution < -0.4 is 5.32 Å². The summed E-state index contributed by atoms with van der Waals surface area (Å²) in [6.07, 6.45) is 1.86. The third-order valence-electron chi connectivity index (χ3n) is 11.6.